The van der Waals surface area contributed by atoms with E-state index in [1.54, 1.807) is 6.92 Å². The molecule has 1 unspecified atom stereocenters. The second kappa shape index (κ2) is 6.48. The molecular formula is C9H16N2O4S. The van der Waals surface area contributed by atoms with Crippen molar-refractivity contribution in [2.45, 2.75) is 19.4 Å². The fourth-order valence-corrected chi connectivity index (χ4v) is 1.84. The van der Waals surface area contributed by atoms with Crippen molar-refractivity contribution >= 4 is 16.2 Å². The number of ether oxygens (including phenoxy) is 1. The molecule has 0 saturated heterocycles. The molecule has 1 N–H and O–H groups in total. The smallest absolute Gasteiger partial charge is 0.306 e. The molecule has 7 heteroatoms. The highest BCUT2D eigenvalue weighted by molar-refractivity contribution is 7.87. The van der Waals surface area contributed by atoms with Crippen LogP contribution in [-0.4, -0.2) is 45.4 Å². The highest BCUT2D eigenvalue weighted by Crippen LogP contribution is 1.98. The third kappa shape index (κ3) is 5.11. The molecule has 0 aromatic rings. The first-order valence-corrected chi connectivity index (χ1v) is 6.04. The Kier molecular flexibility index (Phi) is 6.03. The van der Waals surface area contributed by atoms with Gasteiger partial charge in [-0.05, 0) is 6.92 Å². The maximum absolute atomic E-state index is 11.6. The van der Waals surface area contributed by atoms with Crippen LogP contribution < -0.4 is 4.72 Å². The molecule has 0 heterocycles. The summed E-state index contributed by atoms with van der Waals surface area (Å²) in [7, 11) is -1.04. The van der Waals surface area contributed by atoms with Crippen molar-refractivity contribution in [1.29, 1.82) is 0 Å². The average Bonchev–Trinajstić information content (AvgIpc) is 2.24. The Morgan fingerprint density at radius 3 is 2.62 bits per heavy atom. The van der Waals surface area contributed by atoms with Gasteiger partial charge < -0.3 is 4.74 Å². The molecule has 0 bridgehead atoms. The molecule has 6 nitrogen and oxygen atoms in total. The van der Waals surface area contributed by atoms with Crippen molar-refractivity contribution in [3.8, 4) is 12.3 Å². The number of rotatable bonds is 6. The van der Waals surface area contributed by atoms with Gasteiger partial charge in [0, 0.05) is 13.6 Å². The molecule has 0 aliphatic heterocycles. The minimum Gasteiger partial charge on any atom is -0.469 e. The normalized spacial score (nSPS) is 13.2. The zero-order chi connectivity index (χ0) is 12.8. The van der Waals surface area contributed by atoms with Gasteiger partial charge in [0.25, 0.3) is 10.2 Å². The van der Waals surface area contributed by atoms with Crippen LogP contribution in [-0.2, 0) is 19.7 Å². The van der Waals surface area contributed by atoms with E-state index in [4.69, 9.17) is 6.42 Å². The number of terminal acetylenes is 1. The topological polar surface area (TPSA) is 75.7 Å². The van der Waals surface area contributed by atoms with Gasteiger partial charge in [0.15, 0.2) is 0 Å². The zero-order valence-corrected chi connectivity index (χ0v) is 10.4. The van der Waals surface area contributed by atoms with Gasteiger partial charge >= 0.3 is 5.97 Å². The first-order valence-electron chi connectivity index (χ1n) is 4.60. The van der Waals surface area contributed by atoms with Gasteiger partial charge in [-0.2, -0.15) is 17.4 Å². The molecule has 0 spiro atoms. The van der Waals surface area contributed by atoms with E-state index in [2.05, 4.69) is 15.4 Å². The Bertz CT molecular complexity index is 371. The number of hydrogen-bond acceptors (Lipinski definition) is 4. The number of carbonyl (C=O) groups excluding carboxylic acids is 1. The second-order valence-corrected chi connectivity index (χ2v) is 4.97. The molecule has 92 valence electrons. The zero-order valence-electron chi connectivity index (χ0n) is 9.56. The van der Waals surface area contributed by atoms with Crippen molar-refractivity contribution in [3.05, 3.63) is 0 Å². The average molecular weight is 248 g/mol. The number of hydrogen-bond donors (Lipinski definition) is 1. The van der Waals surface area contributed by atoms with Crippen LogP contribution in [0.5, 0.6) is 0 Å². The van der Waals surface area contributed by atoms with Crippen LogP contribution in [0.3, 0.4) is 0 Å². The fourth-order valence-electron chi connectivity index (χ4n) is 0.818. The van der Waals surface area contributed by atoms with E-state index < -0.39 is 22.2 Å². The van der Waals surface area contributed by atoms with E-state index in [1.807, 2.05) is 0 Å². The summed E-state index contributed by atoms with van der Waals surface area (Å²) < 4.78 is 30.8. The van der Waals surface area contributed by atoms with Crippen LogP contribution >= 0.6 is 0 Å². The van der Waals surface area contributed by atoms with Gasteiger partial charge in [-0.3, -0.25) is 4.79 Å². The van der Waals surface area contributed by atoms with E-state index in [-0.39, 0.29) is 13.0 Å². The molecule has 1 atom stereocenters. The summed E-state index contributed by atoms with van der Waals surface area (Å²) in [6.07, 6.45) is 5.05. The van der Waals surface area contributed by atoms with E-state index >= 15 is 0 Å². The summed E-state index contributed by atoms with van der Waals surface area (Å²) in [6.45, 7) is 1.59. The lowest BCUT2D eigenvalue weighted by atomic mass is 10.4. The predicted molar refractivity (Wildman–Crippen MR) is 59.6 cm³/mol. The van der Waals surface area contributed by atoms with Crippen molar-refractivity contribution in [2.24, 2.45) is 0 Å². The molecule has 0 amide bonds. The Hall–Kier alpha value is -1.10. The molecule has 0 aromatic carbocycles. The number of esters is 1. The molecular weight excluding hydrogens is 232 g/mol. The summed E-state index contributed by atoms with van der Waals surface area (Å²) in [5.41, 5.74) is 0. The molecule has 0 saturated carbocycles. The molecule has 0 aliphatic carbocycles. The van der Waals surface area contributed by atoms with Crippen LogP contribution in [0.15, 0.2) is 0 Å². The Balaban J connectivity index is 4.32. The Labute approximate surface area is 96.1 Å². The van der Waals surface area contributed by atoms with E-state index in [1.165, 1.54) is 14.2 Å². The van der Waals surface area contributed by atoms with Gasteiger partial charge in [-0.1, -0.05) is 5.92 Å². The summed E-state index contributed by atoms with van der Waals surface area (Å²) in [6, 6.07) is -0.592. The van der Waals surface area contributed by atoms with Gasteiger partial charge in [0.1, 0.15) is 0 Å². The van der Waals surface area contributed by atoms with Crippen molar-refractivity contribution in [3.63, 3.8) is 0 Å². The highest BCUT2D eigenvalue weighted by Gasteiger charge is 2.19. The van der Waals surface area contributed by atoms with Gasteiger partial charge in [0.05, 0.1) is 19.6 Å². The van der Waals surface area contributed by atoms with Crippen molar-refractivity contribution in [2.75, 3.05) is 20.7 Å². The fraction of sp³-hybridized carbons (Fsp3) is 0.667. The minimum absolute atomic E-state index is 0.00164. The summed E-state index contributed by atoms with van der Waals surface area (Å²) in [5, 5.41) is 0. The number of nitrogens with zero attached hydrogens (tertiary/aromatic N) is 1. The van der Waals surface area contributed by atoms with Crippen LogP contribution in [0.4, 0.5) is 0 Å². The first kappa shape index (κ1) is 14.9. The maximum Gasteiger partial charge on any atom is 0.306 e. The van der Waals surface area contributed by atoms with E-state index in [9.17, 15) is 13.2 Å². The monoisotopic (exact) mass is 248 g/mol. The quantitative estimate of drug-likeness (QED) is 0.500. The minimum atomic E-state index is -3.64. The second-order valence-electron chi connectivity index (χ2n) is 3.16. The summed E-state index contributed by atoms with van der Waals surface area (Å²) in [4.78, 5) is 10.8. The predicted octanol–water partition coefficient (Wildman–Crippen LogP) is -0.663. The molecule has 0 radical (unpaired) electrons. The van der Waals surface area contributed by atoms with Gasteiger partial charge in [0.2, 0.25) is 0 Å². The number of methoxy groups -OCH3 is 1. The summed E-state index contributed by atoms with van der Waals surface area (Å²) in [5.74, 6) is 1.78. The first-order chi connectivity index (χ1) is 7.33. The van der Waals surface area contributed by atoms with E-state index in [0.717, 1.165) is 4.31 Å². The third-order valence-corrected chi connectivity index (χ3v) is 3.50. The number of carbonyl (C=O) groups is 1. The molecule has 0 aromatic heterocycles. The van der Waals surface area contributed by atoms with Gasteiger partial charge in [-0.25, -0.2) is 0 Å². The van der Waals surface area contributed by atoms with Crippen LogP contribution in [0.1, 0.15) is 13.3 Å². The van der Waals surface area contributed by atoms with E-state index in [0.29, 0.717) is 0 Å². The van der Waals surface area contributed by atoms with Crippen LogP contribution in [0.2, 0.25) is 0 Å². The molecule has 0 rings (SSSR count). The highest BCUT2D eigenvalue weighted by atomic mass is 32.2. The lowest BCUT2D eigenvalue weighted by Crippen LogP contribution is -2.42. The van der Waals surface area contributed by atoms with Crippen LogP contribution in [0, 0.1) is 12.3 Å². The standard InChI is InChI=1S/C9H16N2O4S/c1-5-8(2)10-16(13,14)11(3)7-6-9(12)15-4/h1,8,10H,6-7H2,2-4H3. The van der Waals surface area contributed by atoms with Gasteiger partial charge in [-0.15, -0.1) is 6.42 Å². The maximum atomic E-state index is 11.6. The lowest BCUT2D eigenvalue weighted by molar-refractivity contribution is -0.140. The SMILES string of the molecule is C#CC(C)NS(=O)(=O)N(C)CCC(=O)OC. The van der Waals surface area contributed by atoms with Crippen molar-refractivity contribution < 1.29 is 17.9 Å². The largest absolute Gasteiger partial charge is 0.469 e. The third-order valence-electron chi connectivity index (χ3n) is 1.84. The van der Waals surface area contributed by atoms with Crippen molar-refractivity contribution in [1.82, 2.24) is 9.03 Å². The Morgan fingerprint density at radius 2 is 2.19 bits per heavy atom. The number of nitrogens with one attached hydrogen (secondary N) is 1. The summed E-state index contributed by atoms with van der Waals surface area (Å²) >= 11 is 0. The van der Waals surface area contributed by atoms with Crippen LogP contribution in [0.25, 0.3) is 0 Å². The lowest BCUT2D eigenvalue weighted by Gasteiger charge is -2.18. The molecule has 0 fully saturated rings. The molecule has 0 aliphatic rings. The Morgan fingerprint density at radius 1 is 1.62 bits per heavy atom. The molecule has 16 heavy (non-hydrogen) atoms.